The van der Waals surface area contributed by atoms with Gasteiger partial charge in [-0.3, -0.25) is 0 Å². The Balaban J connectivity index is 3.02. The van der Waals surface area contributed by atoms with E-state index in [1.165, 1.54) is 0 Å². The zero-order chi connectivity index (χ0) is 8.97. The minimum atomic E-state index is 0.514. The second-order valence-corrected chi connectivity index (χ2v) is 2.63. The van der Waals surface area contributed by atoms with Gasteiger partial charge in [0.05, 0.1) is 11.6 Å². The molecule has 12 heavy (non-hydrogen) atoms. The summed E-state index contributed by atoms with van der Waals surface area (Å²) >= 11 is 5.83. The lowest BCUT2D eigenvalue weighted by Crippen LogP contribution is -1.96. The lowest BCUT2D eigenvalue weighted by atomic mass is 10.2. The molecule has 0 aliphatic rings. The number of aliphatic hydroxyl groups excluding tert-OH is 1. The van der Waals surface area contributed by atoms with E-state index in [4.69, 9.17) is 21.4 Å². The maximum atomic E-state index is 8.81. The summed E-state index contributed by atoms with van der Waals surface area (Å²) in [6.07, 6.45) is 0. The van der Waals surface area contributed by atoms with Gasteiger partial charge in [0.2, 0.25) is 0 Å². The molecular formula is C9H10ClO2. The second kappa shape index (κ2) is 4.33. The summed E-state index contributed by atoms with van der Waals surface area (Å²) in [7, 11) is 0. The molecule has 0 aliphatic carbocycles. The SMILES string of the molecule is CCOc1c(Cl)cccc1[CH]O. The fraction of sp³-hybridized carbons (Fsp3) is 0.222. The third-order valence-electron chi connectivity index (χ3n) is 1.43. The molecule has 0 spiro atoms. The van der Waals surface area contributed by atoms with E-state index in [1.807, 2.05) is 6.92 Å². The molecule has 0 unspecified atom stereocenters. The van der Waals surface area contributed by atoms with Gasteiger partial charge in [-0.1, -0.05) is 23.7 Å². The normalized spacial score (nSPS) is 9.92. The van der Waals surface area contributed by atoms with E-state index < -0.39 is 0 Å². The molecule has 0 fully saturated rings. The highest BCUT2D eigenvalue weighted by Crippen LogP contribution is 2.28. The highest BCUT2D eigenvalue weighted by Gasteiger charge is 2.06. The van der Waals surface area contributed by atoms with Crippen molar-refractivity contribution in [1.29, 1.82) is 0 Å². The number of benzene rings is 1. The second-order valence-electron chi connectivity index (χ2n) is 2.22. The standard InChI is InChI=1S/C9H10ClO2/c1-2-12-9-7(6-11)4-3-5-8(9)10/h3-6,11H,2H2,1H3. The number of hydrogen-bond donors (Lipinski definition) is 1. The van der Waals surface area contributed by atoms with Crippen LogP contribution in [0.3, 0.4) is 0 Å². The van der Waals surface area contributed by atoms with Crippen LogP contribution < -0.4 is 4.74 Å². The van der Waals surface area contributed by atoms with E-state index in [9.17, 15) is 0 Å². The zero-order valence-electron chi connectivity index (χ0n) is 6.75. The molecule has 1 N–H and O–H groups in total. The van der Waals surface area contributed by atoms with Gasteiger partial charge >= 0.3 is 0 Å². The number of halogens is 1. The predicted molar refractivity (Wildman–Crippen MR) is 48.0 cm³/mol. The summed E-state index contributed by atoms with van der Waals surface area (Å²) in [4.78, 5) is 0. The first kappa shape index (κ1) is 9.36. The lowest BCUT2D eigenvalue weighted by Gasteiger charge is -2.08. The van der Waals surface area contributed by atoms with Crippen molar-refractivity contribution in [3.05, 3.63) is 35.4 Å². The van der Waals surface area contributed by atoms with Crippen LogP contribution in [0.2, 0.25) is 5.02 Å². The maximum Gasteiger partial charge on any atom is 0.143 e. The average Bonchev–Trinajstić information content (AvgIpc) is 2.09. The fourth-order valence-electron chi connectivity index (χ4n) is 0.924. The molecule has 3 heteroatoms. The summed E-state index contributed by atoms with van der Waals surface area (Å²) in [5.74, 6) is 0.532. The van der Waals surface area contributed by atoms with Crippen LogP contribution in [0.15, 0.2) is 18.2 Å². The first-order valence-electron chi connectivity index (χ1n) is 3.68. The van der Waals surface area contributed by atoms with Gasteiger partial charge in [0, 0.05) is 5.56 Å². The summed E-state index contributed by atoms with van der Waals surface area (Å²) in [6, 6.07) is 5.21. The minimum Gasteiger partial charge on any atom is -0.492 e. The Morgan fingerprint density at radius 3 is 2.92 bits per heavy atom. The van der Waals surface area contributed by atoms with E-state index in [0.29, 0.717) is 22.9 Å². The number of rotatable bonds is 3. The molecule has 1 aromatic carbocycles. The van der Waals surface area contributed by atoms with Crippen LogP contribution in [-0.4, -0.2) is 11.7 Å². The van der Waals surface area contributed by atoms with Crippen LogP contribution in [0.4, 0.5) is 0 Å². The van der Waals surface area contributed by atoms with Gasteiger partial charge in [0.1, 0.15) is 12.4 Å². The molecule has 0 heterocycles. The molecular weight excluding hydrogens is 176 g/mol. The van der Waals surface area contributed by atoms with Crippen LogP contribution in [-0.2, 0) is 0 Å². The van der Waals surface area contributed by atoms with Crippen molar-refractivity contribution in [2.45, 2.75) is 6.92 Å². The Bertz CT molecular complexity index is 261. The molecule has 2 nitrogen and oxygen atoms in total. The van der Waals surface area contributed by atoms with Crippen molar-refractivity contribution < 1.29 is 9.84 Å². The van der Waals surface area contributed by atoms with Gasteiger partial charge in [-0.15, -0.1) is 0 Å². The van der Waals surface area contributed by atoms with E-state index >= 15 is 0 Å². The molecule has 0 bridgehead atoms. The van der Waals surface area contributed by atoms with Crippen LogP contribution in [0, 0.1) is 6.61 Å². The monoisotopic (exact) mass is 185 g/mol. The molecule has 1 radical (unpaired) electrons. The average molecular weight is 186 g/mol. The quantitative estimate of drug-likeness (QED) is 0.785. The first-order chi connectivity index (χ1) is 5.79. The number of ether oxygens (including phenoxy) is 1. The van der Waals surface area contributed by atoms with Gasteiger partial charge < -0.3 is 9.84 Å². The van der Waals surface area contributed by atoms with Crippen molar-refractivity contribution in [2.24, 2.45) is 0 Å². The molecule has 0 amide bonds. The third kappa shape index (κ3) is 1.90. The Morgan fingerprint density at radius 1 is 1.58 bits per heavy atom. The first-order valence-corrected chi connectivity index (χ1v) is 4.06. The Hall–Kier alpha value is -0.730. The van der Waals surface area contributed by atoms with E-state index in [1.54, 1.807) is 18.2 Å². The van der Waals surface area contributed by atoms with Crippen molar-refractivity contribution in [2.75, 3.05) is 6.61 Å². The van der Waals surface area contributed by atoms with Gasteiger partial charge in [0.25, 0.3) is 0 Å². The summed E-state index contributed by atoms with van der Waals surface area (Å²) in [6.45, 7) is 3.38. The van der Waals surface area contributed by atoms with Crippen LogP contribution in [0.5, 0.6) is 5.75 Å². The summed E-state index contributed by atoms with van der Waals surface area (Å²) < 4.78 is 5.24. The van der Waals surface area contributed by atoms with E-state index in [-0.39, 0.29) is 0 Å². The number of para-hydroxylation sites is 1. The Kier molecular flexibility index (Phi) is 3.38. The van der Waals surface area contributed by atoms with E-state index in [2.05, 4.69) is 0 Å². The lowest BCUT2D eigenvalue weighted by molar-refractivity contribution is 0.330. The molecule has 65 valence electrons. The van der Waals surface area contributed by atoms with Crippen molar-refractivity contribution in [1.82, 2.24) is 0 Å². The molecule has 0 saturated heterocycles. The van der Waals surface area contributed by atoms with Crippen molar-refractivity contribution in [3.8, 4) is 5.75 Å². The third-order valence-corrected chi connectivity index (χ3v) is 1.72. The molecule has 1 aromatic rings. The fourth-order valence-corrected chi connectivity index (χ4v) is 1.16. The van der Waals surface area contributed by atoms with Gasteiger partial charge in [-0.2, -0.15) is 0 Å². The molecule has 1 rings (SSSR count). The smallest absolute Gasteiger partial charge is 0.143 e. The van der Waals surface area contributed by atoms with Gasteiger partial charge in [-0.05, 0) is 13.0 Å². The topological polar surface area (TPSA) is 29.5 Å². The Labute approximate surface area is 76.7 Å². The molecule has 0 atom stereocenters. The Morgan fingerprint density at radius 2 is 2.33 bits per heavy atom. The molecule has 0 aromatic heterocycles. The number of hydrogen-bond acceptors (Lipinski definition) is 2. The highest BCUT2D eigenvalue weighted by atomic mass is 35.5. The van der Waals surface area contributed by atoms with Crippen molar-refractivity contribution in [3.63, 3.8) is 0 Å². The molecule has 0 saturated carbocycles. The van der Waals surface area contributed by atoms with Crippen LogP contribution in [0.25, 0.3) is 0 Å². The summed E-state index contributed by atoms with van der Waals surface area (Å²) in [5.41, 5.74) is 0.601. The van der Waals surface area contributed by atoms with Crippen molar-refractivity contribution >= 4 is 11.6 Å². The maximum absolute atomic E-state index is 8.81. The van der Waals surface area contributed by atoms with Crippen LogP contribution in [0.1, 0.15) is 12.5 Å². The van der Waals surface area contributed by atoms with Gasteiger partial charge in [0.15, 0.2) is 0 Å². The summed E-state index contributed by atoms with van der Waals surface area (Å²) in [5, 5.41) is 9.32. The van der Waals surface area contributed by atoms with E-state index in [0.717, 1.165) is 6.61 Å². The zero-order valence-corrected chi connectivity index (χ0v) is 7.51. The molecule has 0 aliphatic heterocycles. The highest BCUT2D eigenvalue weighted by molar-refractivity contribution is 6.32. The van der Waals surface area contributed by atoms with Crippen LogP contribution >= 0.6 is 11.6 Å². The largest absolute Gasteiger partial charge is 0.492 e. The minimum absolute atomic E-state index is 0.514. The predicted octanol–water partition coefficient (Wildman–Crippen LogP) is 2.62. The van der Waals surface area contributed by atoms with Gasteiger partial charge in [-0.25, -0.2) is 0 Å². The number of aliphatic hydroxyl groups is 1.